The lowest BCUT2D eigenvalue weighted by Gasteiger charge is -2.41. The van der Waals surface area contributed by atoms with Gasteiger partial charge in [-0.1, -0.05) is 20.8 Å². The van der Waals surface area contributed by atoms with Gasteiger partial charge in [0.15, 0.2) is 0 Å². The van der Waals surface area contributed by atoms with Gasteiger partial charge in [-0.25, -0.2) is 0 Å². The average molecular weight is 242 g/mol. The second kappa shape index (κ2) is 6.00. The van der Waals surface area contributed by atoms with E-state index in [9.17, 15) is 9.59 Å². The number of nitrogens with zero attached hydrogens (tertiary/aromatic N) is 1. The molecule has 1 aliphatic rings. The fraction of sp³-hybridized carbons (Fsp3) is 0.833. The Balaban J connectivity index is 2.94. The first-order valence-corrected chi connectivity index (χ1v) is 6.10. The first-order chi connectivity index (χ1) is 8.02. The number of ether oxygens (including phenoxy) is 1. The second-order valence-electron chi connectivity index (χ2n) is 4.71. The Morgan fingerprint density at radius 2 is 2.12 bits per heavy atom. The first kappa shape index (κ1) is 14.0. The number of nitrogens with one attached hydrogen (secondary N) is 1. The summed E-state index contributed by atoms with van der Waals surface area (Å²) in [7, 11) is 1.62. The third-order valence-corrected chi connectivity index (χ3v) is 3.19. The highest BCUT2D eigenvalue weighted by atomic mass is 16.5. The molecule has 1 heterocycles. The number of carbonyl (C=O) groups is 2. The van der Waals surface area contributed by atoms with Gasteiger partial charge in [0.25, 0.3) is 0 Å². The number of piperazine rings is 1. The lowest BCUT2D eigenvalue weighted by atomic mass is 9.98. The summed E-state index contributed by atoms with van der Waals surface area (Å²) in [6.45, 7) is 6.56. The Morgan fingerprint density at radius 3 is 2.59 bits per heavy atom. The minimum Gasteiger partial charge on any atom is -0.383 e. The minimum absolute atomic E-state index is 0.0211. The third-order valence-electron chi connectivity index (χ3n) is 3.19. The van der Waals surface area contributed by atoms with E-state index >= 15 is 0 Å². The smallest absolute Gasteiger partial charge is 0.243 e. The molecule has 17 heavy (non-hydrogen) atoms. The van der Waals surface area contributed by atoms with Crippen molar-refractivity contribution in [1.29, 1.82) is 0 Å². The number of hydrogen-bond donors (Lipinski definition) is 1. The minimum atomic E-state index is -0.362. The summed E-state index contributed by atoms with van der Waals surface area (Å²) >= 11 is 0. The zero-order chi connectivity index (χ0) is 13.0. The predicted molar refractivity (Wildman–Crippen MR) is 64.4 cm³/mol. The molecule has 0 aromatic heterocycles. The zero-order valence-corrected chi connectivity index (χ0v) is 11.0. The summed E-state index contributed by atoms with van der Waals surface area (Å²) < 4.78 is 5.17. The fourth-order valence-electron chi connectivity index (χ4n) is 2.23. The van der Waals surface area contributed by atoms with E-state index in [1.165, 1.54) is 0 Å². The van der Waals surface area contributed by atoms with Gasteiger partial charge in [-0.05, 0) is 12.3 Å². The van der Waals surface area contributed by atoms with Crippen LogP contribution in [-0.4, -0.2) is 49.1 Å². The van der Waals surface area contributed by atoms with Crippen molar-refractivity contribution in [2.24, 2.45) is 5.92 Å². The van der Waals surface area contributed by atoms with Gasteiger partial charge in [0, 0.05) is 7.11 Å². The summed E-state index contributed by atoms with van der Waals surface area (Å²) in [6.07, 6.45) is 0.629. The van der Waals surface area contributed by atoms with E-state index < -0.39 is 0 Å². The molecule has 0 saturated carbocycles. The monoisotopic (exact) mass is 242 g/mol. The van der Waals surface area contributed by atoms with Crippen molar-refractivity contribution in [2.75, 3.05) is 20.3 Å². The molecule has 0 aromatic rings. The van der Waals surface area contributed by atoms with Crippen molar-refractivity contribution < 1.29 is 14.3 Å². The SMILES string of the molecule is CCC1C(=O)NCC(=O)N1C(COC)C(C)C. The maximum absolute atomic E-state index is 12.0. The van der Waals surface area contributed by atoms with Crippen LogP contribution in [0.4, 0.5) is 0 Å². The molecule has 98 valence electrons. The molecule has 5 nitrogen and oxygen atoms in total. The van der Waals surface area contributed by atoms with Crippen LogP contribution in [0.15, 0.2) is 0 Å². The molecule has 2 amide bonds. The highest BCUT2D eigenvalue weighted by Crippen LogP contribution is 2.19. The molecule has 0 aliphatic carbocycles. The third kappa shape index (κ3) is 2.97. The Bertz CT molecular complexity index is 291. The lowest BCUT2D eigenvalue weighted by molar-refractivity contribution is -0.151. The highest BCUT2D eigenvalue weighted by Gasteiger charge is 2.38. The van der Waals surface area contributed by atoms with Crippen LogP contribution in [0.5, 0.6) is 0 Å². The molecule has 1 rings (SSSR count). The summed E-state index contributed by atoms with van der Waals surface area (Å²) in [5.74, 6) is 0.180. The Hall–Kier alpha value is -1.10. The van der Waals surface area contributed by atoms with Crippen molar-refractivity contribution in [3.63, 3.8) is 0 Å². The quantitative estimate of drug-likeness (QED) is 0.759. The molecule has 1 N–H and O–H groups in total. The van der Waals surface area contributed by atoms with Gasteiger partial charge in [0.05, 0.1) is 19.2 Å². The van der Waals surface area contributed by atoms with Gasteiger partial charge in [-0.15, -0.1) is 0 Å². The second-order valence-corrected chi connectivity index (χ2v) is 4.71. The van der Waals surface area contributed by atoms with E-state index in [-0.39, 0.29) is 36.4 Å². The molecule has 0 spiro atoms. The van der Waals surface area contributed by atoms with Crippen LogP contribution in [0.3, 0.4) is 0 Å². The van der Waals surface area contributed by atoms with Gasteiger partial charge in [-0.3, -0.25) is 9.59 Å². The van der Waals surface area contributed by atoms with E-state index in [0.717, 1.165) is 0 Å². The van der Waals surface area contributed by atoms with Crippen LogP contribution in [0, 0.1) is 5.92 Å². The largest absolute Gasteiger partial charge is 0.383 e. The molecular weight excluding hydrogens is 220 g/mol. The maximum Gasteiger partial charge on any atom is 0.243 e. The molecule has 1 fully saturated rings. The average Bonchev–Trinajstić information content (AvgIpc) is 2.29. The summed E-state index contributed by atoms with van der Waals surface area (Å²) in [6, 6.07) is -0.401. The van der Waals surface area contributed by atoms with Crippen LogP contribution in [0.1, 0.15) is 27.2 Å². The Labute approximate surface area is 102 Å². The molecule has 1 saturated heterocycles. The molecule has 2 atom stereocenters. The standard InChI is InChI=1S/C12H22N2O3/c1-5-9-12(16)13-6-11(15)14(9)10(7-17-4)8(2)3/h8-10H,5-7H2,1-4H3,(H,13,16). The van der Waals surface area contributed by atoms with E-state index in [1.807, 2.05) is 20.8 Å². The fourth-order valence-corrected chi connectivity index (χ4v) is 2.23. The van der Waals surface area contributed by atoms with Crippen molar-refractivity contribution in [2.45, 2.75) is 39.3 Å². The van der Waals surface area contributed by atoms with E-state index in [4.69, 9.17) is 4.74 Å². The van der Waals surface area contributed by atoms with Crippen LogP contribution >= 0.6 is 0 Å². The predicted octanol–water partition coefficient (Wildman–Crippen LogP) is 0.394. The molecular formula is C12H22N2O3. The summed E-state index contributed by atoms with van der Waals surface area (Å²) in [5, 5.41) is 2.63. The molecule has 0 radical (unpaired) electrons. The van der Waals surface area contributed by atoms with Gasteiger partial charge in [0.1, 0.15) is 6.04 Å². The van der Waals surface area contributed by atoms with Crippen molar-refractivity contribution in [3.05, 3.63) is 0 Å². The van der Waals surface area contributed by atoms with E-state index in [0.29, 0.717) is 13.0 Å². The lowest BCUT2D eigenvalue weighted by Crippen LogP contribution is -2.63. The molecule has 5 heteroatoms. The van der Waals surface area contributed by atoms with Gasteiger partial charge in [0.2, 0.25) is 11.8 Å². The topological polar surface area (TPSA) is 58.6 Å². The number of amides is 2. The molecule has 0 bridgehead atoms. The highest BCUT2D eigenvalue weighted by molar-refractivity contribution is 5.95. The zero-order valence-electron chi connectivity index (χ0n) is 11.0. The normalized spacial score (nSPS) is 22.9. The van der Waals surface area contributed by atoms with Crippen LogP contribution in [0.25, 0.3) is 0 Å². The Morgan fingerprint density at radius 1 is 1.47 bits per heavy atom. The molecule has 0 aromatic carbocycles. The van der Waals surface area contributed by atoms with Crippen LogP contribution in [-0.2, 0) is 14.3 Å². The molecule has 1 aliphatic heterocycles. The molecule has 2 unspecified atom stereocenters. The Kier molecular flexibility index (Phi) is 4.93. The van der Waals surface area contributed by atoms with Crippen LogP contribution < -0.4 is 5.32 Å². The number of methoxy groups -OCH3 is 1. The van der Waals surface area contributed by atoms with Gasteiger partial charge in [-0.2, -0.15) is 0 Å². The first-order valence-electron chi connectivity index (χ1n) is 6.10. The summed E-state index contributed by atoms with van der Waals surface area (Å²) in [4.78, 5) is 25.5. The van der Waals surface area contributed by atoms with Gasteiger partial charge >= 0.3 is 0 Å². The number of carbonyl (C=O) groups excluding carboxylic acids is 2. The van der Waals surface area contributed by atoms with Crippen molar-refractivity contribution >= 4 is 11.8 Å². The van der Waals surface area contributed by atoms with Gasteiger partial charge < -0.3 is 15.0 Å². The number of rotatable bonds is 5. The van der Waals surface area contributed by atoms with E-state index in [1.54, 1.807) is 12.0 Å². The number of hydrogen-bond acceptors (Lipinski definition) is 3. The van der Waals surface area contributed by atoms with Crippen LogP contribution in [0.2, 0.25) is 0 Å². The maximum atomic E-state index is 12.0. The van der Waals surface area contributed by atoms with E-state index in [2.05, 4.69) is 5.32 Å². The van der Waals surface area contributed by atoms with Crippen molar-refractivity contribution in [1.82, 2.24) is 10.2 Å². The summed E-state index contributed by atoms with van der Waals surface area (Å²) in [5.41, 5.74) is 0. The van der Waals surface area contributed by atoms with Crippen molar-refractivity contribution in [3.8, 4) is 0 Å².